The molecule has 1 atom stereocenters. The lowest BCUT2D eigenvalue weighted by molar-refractivity contribution is -0.119. The first-order valence-corrected chi connectivity index (χ1v) is 7.28. The van der Waals surface area contributed by atoms with E-state index in [1.165, 1.54) is 7.11 Å². The predicted octanol–water partition coefficient (Wildman–Crippen LogP) is 1.000. The fourth-order valence-corrected chi connectivity index (χ4v) is 2.60. The third-order valence-electron chi connectivity index (χ3n) is 3.76. The molecule has 0 radical (unpaired) electrons. The summed E-state index contributed by atoms with van der Waals surface area (Å²) < 4.78 is 10.9. The van der Waals surface area contributed by atoms with E-state index in [1.807, 2.05) is 12.1 Å². The van der Waals surface area contributed by atoms with Crippen molar-refractivity contribution >= 4 is 22.7 Å². The lowest BCUT2D eigenvalue weighted by Crippen LogP contribution is -2.30. The molecule has 0 saturated carbocycles. The molecule has 0 unspecified atom stereocenters. The van der Waals surface area contributed by atoms with Crippen LogP contribution in [0.25, 0.3) is 10.9 Å². The summed E-state index contributed by atoms with van der Waals surface area (Å²) in [6.45, 7) is 0.367. The van der Waals surface area contributed by atoms with Gasteiger partial charge in [-0.05, 0) is 18.6 Å². The average Bonchev–Trinajstić information content (AvgIpc) is 2.96. The number of nitrogens with one attached hydrogen (secondary N) is 1. The number of carbonyl (C=O) groups is 2. The number of para-hydroxylation sites is 1. The van der Waals surface area contributed by atoms with Crippen LogP contribution in [0.5, 0.6) is 11.6 Å². The number of nitrogens with zero attached hydrogens (tertiary/aromatic N) is 1. The van der Waals surface area contributed by atoms with E-state index >= 15 is 0 Å². The number of hydrogen-bond donors (Lipinski definition) is 2. The number of rotatable bonds is 5. The van der Waals surface area contributed by atoms with Gasteiger partial charge >= 0.3 is 0 Å². The molecule has 1 aliphatic heterocycles. The summed E-state index contributed by atoms with van der Waals surface area (Å²) in [5.41, 5.74) is 6.15. The molecule has 1 aromatic carbocycles. The normalized spacial score (nSPS) is 17.1. The van der Waals surface area contributed by atoms with E-state index in [-0.39, 0.29) is 23.4 Å². The van der Waals surface area contributed by atoms with Gasteiger partial charge in [0.25, 0.3) is 5.91 Å². The molecule has 120 valence electrons. The summed E-state index contributed by atoms with van der Waals surface area (Å²) in [5, 5.41) is 3.58. The first-order chi connectivity index (χ1) is 11.1. The molecular weight excluding hydrogens is 298 g/mol. The molecule has 2 heterocycles. The van der Waals surface area contributed by atoms with E-state index < -0.39 is 5.91 Å². The Hall–Kier alpha value is -2.83. The monoisotopic (exact) mass is 315 g/mol. The van der Waals surface area contributed by atoms with Crippen molar-refractivity contribution < 1.29 is 19.1 Å². The molecule has 1 aromatic heterocycles. The molecule has 0 bridgehead atoms. The smallest absolute Gasteiger partial charge is 0.254 e. The van der Waals surface area contributed by atoms with Crippen molar-refractivity contribution in [2.75, 3.05) is 13.7 Å². The molecule has 3 rings (SSSR count). The van der Waals surface area contributed by atoms with Crippen molar-refractivity contribution in [2.45, 2.75) is 18.9 Å². The Morgan fingerprint density at radius 2 is 2.30 bits per heavy atom. The number of nitrogens with two attached hydrogens (primary N) is 1. The molecule has 0 spiro atoms. The largest absolute Gasteiger partial charge is 0.489 e. The highest BCUT2D eigenvalue weighted by Crippen LogP contribution is 2.29. The van der Waals surface area contributed by atoms with Crippen LogP contribution in [0.1, 0.15) is 23.2 Å². The summed E-state index contributed by atoms with van der Waals surface area (Å²) in [5.74, 6) is 0.173. The fraction of sp³-hybridized carbons (Fsp3) is 0.312. The number of hydrogen-bond acceptors (Lipinski definition) is 5. The van der Waals surface area contributed by atoms with Gasteiger partial charge < -0.3 is 20.5 Å². The van der Waals surface area contributed by atoms with Gasteiger partial charge in [-0.15, -0.1) is 0 Å². The van der Waals surface area contributed by atoms with Gasteiger partial charge in [0.05, 0.1) is 13.2 Å². The lowest BCUT2D eigenvalue weighted by atomic mass is 10.1. The van der Waals surface area contributed by atoms with Crippen LogP contribution < -0.4 is 20.5 Å². The first-order valence-electron chi connectivity index (χ1n) is 7.28. The zero-order chi connectivity index (χ0) is 16.4. The summed E-state index contributed by atoms with van der Waals surface area (Å²) in [6.07, 6.45) is 1.28. The highest BCUT2D eigenvalue weighted by atomic mass is 16.5. The maximum Gasteiger partial charge on any atom is 0.254 e. The number of aromatic nitrogens is 1. The SMILES string of the molecule is COc1nc2c(OC[C@@H]3CCC(=O)N3)cccc2cc1C(N)=O. The minimum atomic E-state index is -0.601. The van der Waals surface area contributed by atoms with Crippen molar-refractivity contribution in [3.8, 4) is 11.6 Å². The van der Waals surface area contributed by atoms with Crippen molar-refractivity contribution in [1.82, 2.24) is 10.3 Å². The van der Waals surface area contributed by atoms with Crippen LogP contribution in [-0.2, 0) is 4.79 Å². The van der Waals surface area contributed by atoms with Gasteiger partial charge in [-0.3, -0.25) is 9.59 Å². The third-order valence-corrected chi connectivity index (χ3v) is 3.76. The molecule has 0 aliphatic carbocycles. The maximum absolute atomic E-state index is 11.5. The van der Waals surface area contributed by atoms with Crippen LogP contribution in [0.2, 0.25) is 0 Å². The molecule has 1 fully saturated rings. The topological polar surface area (TPSA) is 104 Å². The second-order valence-electron chi connectivity index (χ2n) is 5.35. The highest BCUT2D eigenvalue weighted by molar-refractivity contribution is 5.99. The number of primary amides is 1. The first kappa shape index (κ1) is 15.1. The molecule has 7 nitrogen and oxygen atoms in total. The van der Waals surface area contributed by atoms with Gasteiger partial charge in [-0.25, -0.2) is 4.98 Å². The van der Waals surface area contributed by atoms with Gasteiger partial charge in [0, 0.05) is 11.8 Å². The summed E-state index contributed by atoms with van der Waals surface area (Å²) in [6, 6.07) is 7.05. The summed E-state index contributed by atoms with van der Waals surface area (Å²) in [7, 11) is 1.43. The Bertz CT molecular complexity index is 775. The van der Waals surface area contributed by atoms with Crippen LogP contribution in [0, 0.1) is 0 Å². The van der Waals surface area contributed by atoms with E-state index in [1.54, 1.807) is 12.1 Å². The molecule has 2 aromatic rings. The maximum atomic E-state index is 11.5. The fourth-order valence-electron chi connectivity index (χ4n) is 2.60. The number of benzene rings is 1. The van der Waals surface area contributed by atoms with Crippen molar-refractivity contribution in [3.63, 3.8) is 0 Å². The second kappa shape index (κ2) is 6.12. The Morgan fingerprint density at radius 3 is 2.96 bits per heavy atom. The second-order valence-corrected chi connectivity index (χ2v) is 5.35. The standard InChI is InChI=1S/C16H17N3O4/c1-22-16-11(15(17)21)7-9-3-2-4-12(14(9)19-16)23-8-10-5-6-13(20)18-10/h2-4,7,10H,5-6,8H2,1H3,(H2,17,21)(H,18,20)/t10-/m0/s1. The molecular formula is C16H17N3O4. The Kier molecular flexibility index (Phi) is 4.01. The minimum absolute atomic E-state index is 0.00421. The predicted molar refractivity (Wildman–Crippen MR) is 83.5 cm³/mol. The van der Waals surface area contributed by atoms with Crippen molar-refractivity contribution in [1.29, 1.82) is 0 Å². The number of amides is 2. The van der Waals surface area contributed by atoms with Crippen LogP contribution >= 0.6 is 0 Å². The van der Waals surface area contributed by atoms with E-state index in [4.69, 9.17) is 15.2 Å². The number of fused-ring (bicyclic) bond motifs is 1. The Balaban J connectivity index is 1.91. The molecule has 2 amide bonds. The molecule has 1 saturated heterocycles. The van der Waals surface area contributed by atoms with E-state index in [0.29, 0.717) is 24.3 Å². The van der Waals surface area contributed by atoms with Gasteiger partial charge in [-0.2, -0.15) is 0 Å². The zero-order valence-corrected chi connectivity index (χ0v) is 12.7. The van der Waals surface area contributed by atoms with Crippen molar-refractivity contribution in [3.05, 3.63) is 29.8 Å². The number of pyridine rings is 1. The Morgan fingerprint density at radius 1 is 1.48 bits per heavy atom. The number of ether oxygens (including phenoxy) is 2. The molecule has 1 aliphatic rings. The van der Waals surface area contributed by atoms with Crippen LogP contribution in [0.3, 0.4) is 0 Å². The zero-order valence-electron chi connectivity index (χ0n) is 12.7. The summed E-state index contributed by atoms with van der Waals surface area (Å²) >= 11 is 0. The molecule has 23 heavy (non-hydrogen) atoms. The van der Waals surface area contributed by atoms with Gasteiger partial charge in [-0.1, -0.05) is 12.1 Å². The van der Waals surface area contributed by atoms with E-state index in [9.17, 15) is 9.59 Å². The van der Waals surface area contributed by atoms with Gasteiger partial charge in [0.15, 0.2) is 0 Å². The minimum Gasteiger partial charge on any atom is -0.489 e. The van der Waals surface area contributed by atoms with Gasteiger partial charge in [0.2, 0.25) is 11.8 Å². The highest BCUT2D eigenvalue weighted by Gasteiger charge is 2.22. The average molecular weight is 315 g/mol. The molecule has 3 N–H and O–H groups in total. The third kappa shape index (κ3) is 3.03. The number of methoxy groups -OCH3 is 1. The van der Waals surface area contributed by atoms with Gasteiger partial charge in [0.1, 0.15) is 23.4 Å². The van der Waals surface area contributed by atoms with Crippen LogP contribution in [-0.4, -0.2) is 36.6 Å². The molecule has 7 heteroatoms. The quantitative estimate of drug-likeness (QED) is 0.856. The van der Waals surface area contributed by atoms with Crippen LogP contribution in [0.4, 0.5) is 0 Å². The lowest BCUT2D eigenvalue weighted by Gasteiger charge is -2.14. The van der Waals surface area contributed by atoms with E-state index in [2.05, 4.69) is 10.3 Å². The summed E-state index contributed by atoms with van der Waals surface area (Å²) in [4.78, 5) is 27.0. The van der Waals surface area contributed by atoms with E-state index in [0.717, 1.165) is 11.8 Å². The Labute approximate surface area is 132 Å². The van der Waals surface area contributed by atoms with Crippen molar-refractivity contribution in [2.24, 2.45) is 5.73 Å². The number of carbonyl (C=O) groups excluding carboxylic acids is 2. The van der Waals surface area contributed by atoms with Crippen LogP contribution in [0.15, 0.2) is 24.3 Å².